The summed E-state index contributed by atoms with van der Waals surface area (Å²) in [7, 11) is 1.33. The molecule has 2 atom stereocenters. The third kappa shape index (κ3) is 4.44. The van der Waals surface area contributed by atoms with Crippen LogP contribution >= 0.6 is 23.4 Å². The molecule has 0 radical (unpaired) electrons. The maximum absolute atomic E-state index is 13.0. The number of aromatic nitrogens is 3. The Bertz CT molecular complexity index is 955. The molecule has 3 rings (SSSR count). The minimum Gasteiger partial charge on any atom is -0.469 e. The first-order chi connectivity index (χ1) is 12.9. The van der Waals surface area contributed by atoms with Crippen LogP contribution in [0.2, 0.25) is 5.02 Å². The number of methoxy groups -OCH3 is 1. The lowest BCUT2D eigenvalue weighted by molar-refractivity contribution is -0.142. The van der Waals surface area contributed by atoms with E-state index < -0.39 is 11.4 Å². The van der Waals surface area contributed by atoms with E-state index in [0.717, 1.165) is 10.1 Å². The maximum atomic E-state index is 13.0. The molecule has 1 aromatic heterocycles. The normalized spacial score (nSPS) is 18.3. The van der Waals surface area contributed by atoms with E-state index in [1.807, 2.05) is 19.1 Å². The lowest BCUT2D eigenvalue weighted by Crippen LogP contribution is -2.43. The predicted octanol–water partition coefficient (Wildman–Crippen LogP) is 2.03. The number of hydrogen-bond donors (Lipinski definition) is 0. The van der Waals surface area contributed by atoms with Gasteiger partial charge in [0.15, 0.2) is 5.16 Å². The first-order valence-electron chi connectivity index (χ1n) is 8.61. The molecule has 0 spiro atoms. The van der Waals surface area contributed by atoms with Gasteiger partial charge in [-0.2, -0.15) is 4.98 Å². The molecule has 1 heterocycles. The van der Waals surface area contributed by atoms with Crippen LogP contribution in [-0.4, -0.2) is 33.0 Å². The van der Waals surface area contributed by atoms with Crippen molar-refractivity contribution in [3.63, 3.8) is 0 Å². The smallest absolute Gasteiger partial charge is 0.354 e. The van der Waals surface area contributed by atoms with Gasteiger partial charge in [-0.1, -0.05) is 42.4 Å². The van der Waals surface area contributed by atoms with Crippen LogP contribution in [0.3, 0.4) is 0 Å². The van der Waals surface area contributed by atoms with Gasteiger partial charge < -0.3 is 4.74 Å². The van der Waals surface area contributed by atoms with Crippen molar-refractivity contribution in [3.8, 4) is 0 Å². The second kappa shape index (κ2) is 8.31. The van der Waals surface area contributed by atoms with E-state index in [9.17, 15) is 14.4 Å². The first-order valence-corrected chi connectivity index (χ1v) is 9.97. The number of esters is 1. The van der Waals surface area contributed by atoms with E-state index in [-0.39, 0.29) is 30.9 Å². The number of hydrogen-bond acceptors (Lipinski definition) is 6. The van der Waals surface area contributed by atoms with Crippen molar-refractivity contribution < 1.29 is 9.53 Å². The first kappa shape index (κ1) is 19.7. The molecule has 1 saturated carbocycles. The molecular formula is C18H20ClN3O4S. The van der Waals surface area contributed by atoms with Crippen molar-refractivity contribution in [2.45, 2.75) is 31.6 Å². The van der Waals surface area contributed by atoms with Crippen molar-refractivity contribution in [1.29, 1.82) is 0 Å². The summed E-state index contributed by atoms with van der Waals surface area (Å²) < 4.78 is 7.34. The zero-order chi connectivity index (χ0) is 19.6. The van der Waals surface area contributed by atoms with E-state index >= 15 is 0 Å². The van der Waals surface area contributed by atoms with Gasteiger partial charge in [-0.3, -0.25) is 9.36 Å². The standard InChI is InChI=1S/C18H20ClN3O4S/c1-3-27-17-20-16(24)21(10-12-8-14(12)15(23)26-2)18(25)22(17)9-11-4-6-13(19)7-5-11/h4-7,12,14H,3,8-10H2,1-2H3/t12-,14+/m0/s1. The molecule has 0 amide bonds. The van der Waals surface area contributed by atoms with Crippen LogP contribution in [0.1, 0.15) is 18.9 Å². The van der Waals surface area contributed by atoms with Crippen LogP contribution in [0.5, 0.6) is 0 Å². The van der Waals surface area contributed by atoms with Gasteiger partial charge in [-0.05, 0) is 35.8 Å². The highest BCUT2D eigenvalue weighted by molar-refractivity contribution is 7.99. The third-order valence-electron chi connectivity index (χ3n) is 4.49. The zero-order valence-electron chi connectivity index (χ0n) is 15.1. The monoisotopic (exact) mass is 409 g/mol. The highest BCUT2D eigenvalue weighted by Crippen LogP contribution is 2.40. The molecule has 1 aliphatic carbocycles. The van der Waals surface area contributed by atoms with Crippen LogP contribution in [0.15, 0.2) is 39.0 Å². The van der Waals surface area contributed by atoms with Gasteiger partial charge in [0.2, 0.25) is 0 Å². The Morgan fingerprint density at radius 2 is 2.00 bits per heavy atom. The Hall–Kier alpha value is -2.06. The molecule has 0 bridgehead atoms. The Morgan fingerprint density at radius 3 is 2.63 bits per heavy atom. The average molecular weight is 410 g/mol. The van der Waals surface area contributed by atoms with E-state index in [4.69, 9.17) is 16.3 Å². The molecule has 0 saturated heterocycles. The summed E-state index contributed by atoms with van der Waals surface area (Å²) in [5.74, 6) is 0.0541. The molecule has 2 aromatic rings. The van der Waals surface area contributed by atoms with Crippen LogP contribution in [-0.2, 0) is 22.6 Å². The van der Waals surface area contributed by atoms with Crippen LogP contribution < -0.4 is 11.4 Å². The average Bonchev–Trinajstić information content (AvgIpc) is 3.42. The van der Waals surface area contributed by atoms with Gasteiger partial charge in [0, 0.05) is 11.6 Å². The van der Waals surface area contributed by atoms with Crippen molar-refractivity contribution >= 4 is 29.3 Å². The van der Waals surface area contributed by atoms with Gasteiger partial charge in [-0.25, -0.2) is 14.2 Å². The van der Waals surface area contributed by atoms with Crippen molar-refractivity contribution in [2.24, 2.45) is 11.8 Å². The Labute approximate surface area is 165 Å². The second-order valence-electron chi connectivity index (χ2n) is 6.34. The largest absolute Gasteiger partial charge is 0.469 e. The molecule has 0 aliphatic heterocycles. The van der Waals surface area contributed by atoms with E-state index in [1.54, 1.807) is 12.1 Å². The van der Waals surface area contributed by atoms with Crippen molar-refractivity contribution in [3.05, 3.63) is 55.8 Å². The molecule has 9 heteroatoms. The van der Waals surface area contributed by atoms with Crippen LogP contribution in [0, 0.1) is 11.8 Å². The summed E-state index contributed by atoms with van der Waals surface area (Å²) >= 11 is 7.26. The number of nitrogens with zero attached hydrogens (tertiary/aromatic N) is 3. The van der Waals surface area contributed by atoms with Gasteiger partial charge in [0.05, 0.1) is 19.6 Å². The van der Waals surface area contributed by atoms with Crippen molar-refractivity contribution in [2.75, 3.05) is 12.9 Å². The van der Waals surface area contributed by atoms with Crippen molar-refractivity contribution in [1.82, 2.24) is 14.1 Å². The fourth-order valence-corrected chi connectivity index (χ4v) is 3.76. The van der Waals surface area contributed by atoms with Crippen LogP contribution in [0.4, 0.5) is 0 Å². The summed E-state index contributed by atoms with van der Waals surface area (Å²) in [5, 5.41) is 0.999. The predicted molar refractivity (Wildman–Crippen MR) is 103 cm³/mol. The van der Waals surface area contributed by atoms with E-state index in [2.05, 4.69) is 4.98 Å². The van der Waals surface area contributed by atoms with Crippen LogP contribution in [0.25, 0.3) is 0 Å². The number of ether oxygens (including phenoxy) is 1. The summed E-state index contributed by atoms with van der Waals surface area (Å²) in [6.07, 6.45) is 0.612. The topological polar surface area (TPSA) is 83.2 Å². The molecule has 0 unspecified atom stereocenters. The maximum Gasteiger partial charge on any atom is 0.354 e. The lowest BCUT2D eigenvalue weighted by atomic mass is 10.2. The zero-order valence-corrected chi connectivity index (χ0v) is 16.6. The molecule has 1 aliphatic rings. The number of halogens is 1. The Balaban J connectivity index is 1.93. The SMILES string of the molecule is CCSc1nc(=O)n(C[C@@H]2C[C@H]2C(=O)OC)c(=O)n1Cc1ccc(Cl)cc1. The molecule has 7 nitrogen and oxygen atoms in total. The summed E-state index contributed by atoms with van der Waals surface area (Å²) in [4.78, 5) is 41.1. The summed E-state index contributed by atoms with van der Waals surface area (Å²) in [6.45, 7) is 2.39. The summed E-state index contributed by atoms with van der Waals surface area (Å²) in [6, 6.07) is 7.17. The molecular weight excluding hydrogens is 390 g/mol. The fraction of sp³-hybridized carbons (Fsp3) is 0.444. The summed E-state index contributed by atoms with van der Waals surface area (Å²) in [5.41, 5.74) is -0.124. The fourth-order valence-electron chi connectivity index (χ4n) is 2.94. The highest BCUT2D eigenvalue weighted by Gasteiger charge is 2.44. The number of rotatable bonds is 7. The molecule has 1 fully saturated rings. The number of benzene rings is 1. The highest BCUT2D eigenvalue weighted by atomic mass is 35.5. The molecule has 0 N–H and O–H groups in total. The number of carbonyl (C=O) groups is 1. The van der Waals surface area contributed by atoms with E-state index in [0.29, 0.717) is 22.4 Å². The van der Waals surface area contributed by atoms with Gasteiger partial charge in [0.1, 0.15) is 0 Å². The minimum absolute atomic E-state index is 0.0710. The molecule has 144 valence electrons. The minimum atomic E-state index is -0.584. The number of thioether (sulfide) groups is 1. The lowest BCUT2D eigenvalue weighted by Gasteiger charge is -2.13. The van der Waals surface area contributed by atoms with Gasteiger partial charge in [0.25, 0.3) is 0 Å². The van der Waals surface area contributed by atoms with E-state index in [1.165, 1.54) is 23.4 Å². The molecule has 1 aromatic carbocycles. The Morgan fingerprint density at radius 1 is 1.30 bits per heavy atom. The number of carbonyl (C=O) groups excluding carboxylic acids is 1. The quantitative estimate of drug-likeness (QED) is 0.514. The van der Waals surface area contributed by atoms with Gasteiger partial charge >= 0.3 is 17.3 Å². The molecule has 27 heavy (non-hydrogen) atoms. The van der Waals surface area contributed by atoms with Gasteiger partial charge in [-0.15, -0.1) is 0 Å². The third-order valence-corrected chi connectivity index (χ3v) is 5.60. The second-order valence-corrected chi connectivity index (χ2v) is 8.01. The Kier molecular flexibility index (Phi) is 6.06.